The highest BCUT2D eigenvalue weighted by Gasteiger charge is 2.47. The van der Waals surface area contributed by atoms with Crippen molar-refractivity contribution in [1.82, 2.24) is 0 Å². The fourth-order valence-electron chi connectivity index (χ4n) is 13.1. The van der Waals surface area contributed by atoms with E-state index in [0.29, 0.717) is 0 Å². The fourth-order valence-corrected chi connectivity index (χ4v) is 15.2. The van der Waals surface area contributed by atoms with E-state index >= 15 is 0 Å². The Morgan fingerprint density at radius 2 is 0.380 bits per heavy atom. The van der Waals surface area contributed by atoms with Crippen molar-refractivity contribution in [2.75, 3.05) is 13.2 Å². The summed E-state index contributed by atoms with van der Waals surface area (Å²) in [5.41, 5.74) is -30.2. The minimum Gasteiger partial charge on any atom is -0.494 e. The van der Waals surface area contributed by atoms with Crippen molar-refractivity contribution in [1.29, 1.82) is 0 Å². The lowest BCUT2D eigenvalue weighted by molar-refractivity contribution is -0.597. The summed E-state index contributed by atoms with van der Waals surface area (Å²) >= 11 is -0.181. The zero-order chi connectivity index (χ0) is 80.0. The van der Waals surface area contributed by atoms with Crippen molar-refractivity contribution in [3.05, 3.63) is 173 Å². The summed E-state index contributed by atoms with van der Waals surface area (Å²) in [6, 6.07) is 8.89. The van der Waals surface area contributed by atoms with Crippen LogP contribution in [0.2, 0.25) is 0 Å². The Morgan fingerprint density at radius 3 is 0.537 bits per heavy atom. The minimum atomic E-state index is -6.13. The first-order valence-electron chi connectivity index (χ1n) is 37.0. The molecule has 6 aromatic rings. The first-order valence-corrected chi connectivity index (χ1v) is 39.2. The molecule has 0 fully saturated rings. The molecule has 0 unspecified atom stereocenters. The molecule has 0 aliphatic carbocycles. The van der Waals surface area contributed by atoms with Crippen molar-refractivity contribution >= 4 is 28.0 Å². The predicted octanol–water partition coefficient (Wildman–Crippen LogP) is 24.3. The van der Waals surface area contributed by atoms with E-state index in [-0.39, 0.29) is 21.2 Å². The van der Waals surface area contributed by atoms with Gasteiger partial charge in [0.25, 0.3) is 0 Å². The molecule has 0 aliphatic heterocycles. The van der Waals surface area contributed by atoms with Crippen molar-refractivity contribution in [3.63, 3.8) is 0 Å². The normalized spacial score (nSPS) is 12.9. The molecule has 0 saturated heterocycles. The number of ether oxygens (including phenoxy) is 2. The van der Waals surface area contributed by atoms with Crippen molar-refractivity contribution in [3.8, 4) is 11.5 Å². The molecule has 0 aliphatic rings. The number of hydrogen-bond acceptors (Lipinski definition) is 2. The third-order valence-electron chi connectivity index (χ3n) is 18.8. The van der Waals surface area contributed by atoms with Crippen molar-refractivity contribution in [2.24, 2.45) is 0 Å². The number of unbranched alkanes of at least 4 members (excludes halogenated alkanes) is 30. The maximum absolute atomic E-state index is 14.2. The monoisotopic (exact) mass is 1680 g/mol. The summed E-state index contributed by atoms with van der Waals surface area (Å²) < 4.78 is 356. The Kier molecular flexibility index (Phi) is 37.0. The van der Waals surface area contributed by atoms with Gasteiger partial charge in [-0.3, -0.25) is 0 Å². The van der Waals surface area contributed by atoms with Gasteiger partial charge in [-0.05, 0) is 85.6 Å². The summed E-state index contributed by atoms with van der Waals surface area (Å²) in [5, 5.41) is 0. The Balaban J connectivity index is 0.000000390. The third-order valence-corrected chi connectivity index (χ3v) is 21.5. The summed E-state index contributed by atoms with van der Waals surface area (Å²) in [6.07, 6.45) is -9.89. The van der Waals surface area contributed by atoms with Crippen LogP contribution in [0.1, 0.15) is 264 Å². The van der Waals surface area contributed by atoms with Crippen LogP contribution in [-0.4, -0.2) is 19.4 Å². The van der Waals surface area contributed by atoms with Crippen molar-refractivity contribution in [2.45, 2.75) is 269 Å². The number of halogens is 25. The molecule has 0 heterocycles. The molecule has 0 spiro atoms. The molecule has 0 atom stereocenters. The molecular weight excluding hydrogens is 1590 g/mol. The molecule has 2 nitrogen and oxygen atoms in total. The minimum absolute atomic E-state index is 0.181. The van der Waals surface area contributed by atoms with Crippen LogP contribution in [0, 0.1) is 7.14 Å². The van der Waals surface area contributed by atoms with Crippen LogP contribution in [0.4, 0.5) is 105 Å². The summed E-state index contributed by atoms with van der Waals surface area (Å²) in [6.45, 7) is 6.28. The van der Waals surface area contributed by atoms with Gasteiger partial charge in [-0.2, -0.15) is 127 Å². The van der Waals surface area contributed by atoms with E-state index < -0.39 is 195 Å². The SMILES string of the molecule is CCCCCCCCCCCCCCCCCCOc1ccc([I+]c2ccc(OCCCCCCCCCCCCCCCCCC)cc2)cc1.FC(F)(F)c1cc([B-](c2cc(C(F)(F)F)cc(C(F)(F)F)c2)(c2cc(C(F)(F)F)cc(C(F)(F)F)c2)c2cc(C(F)(F)F)cc(C(F)(F)F)c2)cc(C(F)(F)F)c1. The number of rotatable bonds is 42. The van der Waals surface area contributed by atoms with E-state index in [1.165, 1.54) is 213 Å². The molecular formula is C80H94BF24IO2. The first kappa shape index (κ1) is 92.6. The Morgan fingerprint density at radius 1 is 0.222 bits per heavy atom. The second kappa shape index (κ2) is 43.2. The topological polar surface area (TPSA) is 18.5 Å². The molecule has 0 saturated carbocycles. The number of benzene rings is 6. The van der Waals surface area contributed by atoms with Crippen LogP contribution in [0.25, 0.3) is 0 Å². The fraction of sp³-hybridized carbons (Fsp3) is 0.550. The Labute approximate surface area is 627 Å². The quantitative estimate of drug-likeness (QED) is 0.0165. The molecule has 0 radical (unpaired) electrons. The zero-order valence-corrected chi connectivity index (χ0v) is 62.6. The van der Waals surface area contributed by atoms with Crippen LogP contribution >= 0.6 is 0 Å². The van der Waals surface area contributed by atoms with Gasteiger partial charge in [-0.25, -0.2) is 0 Å². The lowest BCUT2D eigenvalue weighted by atomic mass is 9.12. The highest BCUT2D eigenvalue weighted by molar-refractivity contribution is 7.20. The summed E-state index contributed by atoms with van der Waals surface area (Å²) in [4.78, 5) is 0. The molecule has 28 heteroatoms. The molecule has 108 heavy (non-hydrogen) atoms. The van der Waals surface area contributed by atoms with E-state index in [0.717, 1.165) is 24.7 Å². The number of hydrogen-bond donors (Lipinski definition) is 0. The predicted molar refractivity (Wildman–Crippen MR) is 370 cm³/mol. The molecule has 6 aromatic carbocycles. The molecule has 0 bridgehead atoms. The summed E-state index contributed by atoms with van der Waals surface area (Å²) in [7, 11) is 0. The van der Waals surface area contributed by atoms with Gasteiger partial charge in [-0.1, -0.05) is 255 Å². The average molecular weight is 1680 g/mol. The second-order valence-corrected chi connectivity index (χ2v) is 30.6. The van der Waals surface area contributed by atoms with Gasteiger partial charge in [-0.15, -0.1) is 0 Å². The molecule has 0 amide bonds. The van der Waals surface area contributed by atoms with E-state index in [4.69, 9.17) is 9.47 Å². The van der Waals surface area contributed by atoms with Gasteiger partial charge in [0.05, 0.1) is 57.7 Å². The zero-order valence-electron chi connectivity index (χ0n) is 60.4. The molecule has 0 aromatic heterocycles. The first-order chi connectivity index (χ1) is 50.6. The number of alkyl halides is 24. The van der Waals surface area contributed by atoms with E-state index in [9.17, 15) is 105 Å². The Bertz CT molecular complexity index is 3050. The Hall–Kier alpha value is -5.97. The van der Waals surface area contributed by atoms with Crippen molar-refractivity contribution < 1.29 is 136 Å². The highest BCUT2D eigenvalue weighted by Crippen LogP contribution is 2.42. The van der Waals surface area contributed by atoms with E-state index in [2.05, 4.69) is 62.4 Å². The van der Waals surface area contributed by atoms with Gasteiger partial charge in [0.15, 0.2) is 7.14 Å². The maximum Gasteiger partial charge on any atom is 0.416 e. The molecule has 604 valence electrons. The van der Waals surface area contributed by atoms with Gasteiger partial charge >= 0.3 is 70.6 Å². The van der Waals surface area contributed by atoms with Crippen LogP contribution in [0.3, 0.4) is 0 Å². The van der Waals surface area contributed by atoms with Gasteiger partial charge in [0.2, 0.25) is 0 Å². The molecule has 6 rings (SSSR count). The largest absolute Gasteiger partial charge is 0.494 e. The van der Waals surface area contributed by atoms with Gasteiger partial charge in [0.1, 0.15) is 17.6 Å². The van der Waals surface area contributed by atoms with E-state index in [1.54, 1.807) is 0 Å². The third kappa shape index (κ3) is 31.7. The van der Waals surface area contributed by atoms with Crippen LogP contribution in [0.15, 0.2) is 121 Å². The highest BCUT2D eigenvalue weighted by atomic mass is 127. The average Bonchev–Trinajstić information content (AvgIpc) is 0.707. The molecule has 0 N–H and O–H groups in total. The van der Waals surface area contributed by atoms with Crippen LogP contribution in [0.5, 0.6) is 11.5 Å². The standard InChI is InChI=1S/C48H82IO2.C32H12BF24/c1-3-5-7-9-11-13-15-17-19-21-23-25-27-29-31-33-43-50-47-39-35-45(36-40-47)49-46-37-41-48(42-38-46)51-44-34-32-30-28-26-24-22-20-18-16-14-12-10-8-6-4-2;34-25(35,36)13-1-14(26(37,38)39)6-21(5-13)33(22-7-15(27(40,41)42)2-16(8-22)28(43,44)45,23-9-17(29(46,47)48)3-18(10-23)30(49,50)51)24-11-19(31(52,53)54)4-20(12-24)32(55,56)57/h35-42H,3-34,43-44H2,1-2H3;1-12H/q+1;-1. The van der Waals surface area contributed by atoms with E-state index in [1.807, 2.05) is 0 Å². The van der Waals surface area contributed by atoms with Crippen LogP contribution < -0.4 is 52.5 Å². The van der Waals surface area contributed by atoms with Gasteiger partial charge < -0.3 is 9.47 Å². The van der Waals surface area contributed by atoms with Crippen LogP contribution in [-0.2, 0) is 49.4 Å². The van der Waals surface area contributed by atoms with Gasteiger partial charge in [0, 0.05) is 0 Å². The smallest absolute Gasteiger partial charge is 0.416 e. The lowest BCUT2D eigenvalue weighted by Gasteiger charge is -2.46. The second-order valence-electron chi connectivity index (χ2n) is 27.5. The summed E-state index contributed by atoms with van der Waals surface area (Å²) in [5.74, 6) is 2.03. The maximum atomic E-state index is 14.2. The lowest BCUT2D eigenvalue weighted by Crippen LogP contribution is -3.61.